The summed E-state index contributed by atoms with van der Waals surface area (Å²) in [6.07, 6.45) is 16.2. The molecule has 0 spiro atoms. The van der Waals surface area contributed by atoms with Crippen LogP contribution in [0.2, 0.25) is 0 Å². The van der Waals surface area contributed by atoms with Crippen LogP contribution >= 0.6 is 0 Å². The molecule has 0 saturated heterocycles. The lowest BCUT2D eigenvalue weighted by Gasteiger charge is -2.36. The summed E-state index contributed by atoms with van der Waals surface area (Å²) in [5.41, 5.74) is 0.143. The maximum atomic E-state index is 6.13. The van der Waals surface area contributed by atoms with Gasteiger partial charge in [0.2, 0.25) is 0 Å². The maximum absolute atomic E-state index is 6.13. The summed E-state index contributed by atoms with van der Waals surface area (Å²) in [5, 5.41) is 0. The molecule has 2 fully saturated rings. The van der Waals surface area contributed by atoms with Crippen molar-refractivity contribution in [3.8, 4) is 11.8 Å². The molecule has 2 aromatic carbocycles. The topological polar surface area (TPSA) is 18.5 Å². The molecular formula is C28H24O2. The fourth-order valence-corrected chi connectivity index (χ4v) is 3.93. The Morgan fingerprint density at radius 3 is 1.17 bits per heavy atom. The van der Waals surface area contributed by atoms with Crippen LogP contribution in [-0.2, 0) is 20.7 Å². The molecule has 0 amide bonds. The highest BCUT2D eigenvalue weighted by Gasteiger charge is 2.45. The molecule has 2 aliphatic carbocycles. The number of rotatable bonds is 6. The Kier molecular flexibility index (Phi) is 6.61. The molecule has 10 radical (unpaired) electrons. The van der Waals surface area contributed by atoms with Crippen LogP contribution in [0.5, 0.6) is 0 Å². The van der Waals surface area contributed by atoms with E-state index in [1.165, 1.54) is 0 Å². The number of hydrogen-bond acceptors (Lipinski definition) is 2. The Balaban J connectivity index is 1.85. The lowest BCUT2D eigenvalue weighted by Crippen LogP contribution is -2.37. The van der Waals surface area contributed by atoms with Crippen molar-refractivity contribution in [1.29, 1.82) is 0 Å². The van der Waals surface area contributed by atoms with Gasteiger partial charge in [0.05, 0.1) is 0 Å². The summed E-state index contributed by atoms with van der Waals surface area (Å²) in [4.78, 5) is 0. The molecule has 0 bridgehead atoms. The third kappa shape index (κ3) is 3.82. The molecule has 0 aromatic heterocycles. The largest absolute Gasteiger partial charge is 0.361 e. The molecule has 4 rings (SSSR count). The zero-order valence-electron chi connectivity index (χ0n) is 17.2. The van der Waals surface area contributed by atoms with E-state index in [4.69, 9.17) is 9.47 Å². The average Bonchev–Trinajstić information content (AvgIpc) is 3.54. The molecule has 0 heterocycles. The van der Waals surface area contributed by atoms with Crippen LogP contribution in [0.4, 0.5) is 0 Å². The van der Waals surface area contributed by atoms with Crippen molar-refractivity contribution in [2.75, 3.05) is 14.2 Å². The quantitative estimate of drug-likeness (QED) is 0.652. The second kappa shape index (κ2) is 9.38. The first-order valence-corrected chi connectivity index (χ1v) is 9.95. The standard InChI is InChI=1S/C28H24O2/c1-29-27(25-17-9-10-18-25,23-13-5-3-6-14-23)21-22-28(30-2,26-19-11-12-20-26)24-15-7-4-8-16-24/h3-20H,1-2H3. The summed E-state index contributed by atoms with van der Waals surface area (Å²) >= 11 is 0. The van der Waals surface area contributed by atoms with Gasteiger partial charge < -0.3 is 9.47 Å². The van der Waals surface area contributed by atoms with Gasteiger partial charge in [0.25, 0.3) is 0 Å². The molecule has 2 heteroatoms. The third-order valence-corrected chi connectivity index (χ3v) is 5.53. The normalized spacial score (nSPS) is 21.5. The number of ether oxygens (including phenoxy) is 2. The lowest BCUT2D eigenvalue weighted by molar-refractivity contribution is 0.0477. The van der Waals surface area contributed by atoms with Crippen LogP contribution in [0.3, 0.4) is 0 Å². The van der Waals surface area contributed by atoms with Crippen LogP contribution in [0.15, 0.2) is 60.7 Å². The summed E-state index contributed by atoms with van der Waals surface area (Å²) in [5.74, 6) is 8.95. The Labute approximate surface area is 182 Å². The number of hydrogen-bond donors (Lipinski definition) is 0. The van der Waals surface area contributed by atoms with E-state index in [1.807, 2.05) is 112 Å². The first kappa shape index (κ1) is 21.2. The van der Waals surface area contributed by atoms with Crippen LogP contribution < -0.4 is 0 Å². The Bertz CT molecular complexity index is 782. The van der Waals surface area contributed by atoms with E-state index in [-0.39, 0.29) is 0 Å². The monoisotopic (exact) mass is 392 g/mol. The van der Waals surface area contributed by atoms with Crippen molar-refractivity contribution in [2.24, 2.45) is 0 Å². The van der Waals surface area contributed by atoms with Gasteiger partial charge in [0.15, 0.2) is 11.2 Å². The van der Waals surface area contributed by atoms with Crippen molar-refractivity contribution in [1.82, 2.24) is 0 Å². The van der Waals surface area contributed by atoms with Gasteiger partial charge in [-0.05, 0) is 62.5 Å². The minimum atomic E-state index is -0.907. The molecule has 2 saturated carbocycles. The van der Waals surface area contributed by atoms with Crippen molar-refractivity contribution < 1.29 is 9.47 Å². The molecule has 2 atom stereocenters. The lowest BCUT2D eigenvalue weighted by atomic mass is 9.76. The molecule has 0 aliphatic heterocycles. The highest BCUT2D eigenvalue weighted by Crippen LogP contribution is 2.45. The Morgan fingerprint density at radius 2 is 0.867 bits per heavy atom. The van der Waals surface area contributed by atoms with Crippen molar-refractivity contribution in [3.63, 3.8) is 0 Å². The summed E-state index contributed by atoms with van der Waals surface area (Å²) in [6.45, 7) is 0. The van der Waals surface area contributed by atoms with Gasteiger partial charge in [-0.25, -0.2) is 0 Å². The number of methoxy groups -OCH3 is 2. The van der Waals surface area contributed by atoms with Gasteiger partial charge >= 0.3 is 0 Å². The van der Waals surface area contributed by atoms with Crippen LogP contribution in [0.25, 0.3) is 0 Å². The Morgan fingerprint density at radius 1 is 0.533 bits per heavy atom. The second-order valence-corrected chi connectivity index (χ2v) is 7.10. The fourth-order valence-electron chi connectivity index (χ4n) is 3.93. The van der Waals surface area contributed by atoms with E-state index in [0.717, 1.165) is 23.0 Å². The highest BCUT2D eigenvalue weighted by atomic mass is 16.5. The van der Waals surface area contributed by atoms with Crippen molar-refractivity contribution in [3.05, 3.63) is 135 Å². The van der Waals surface area contributed by atoms with E-state index < -0.39 is 11.2 Å². The van der Waals surface area contributed by atoms with Crippen molar-refractivity contribution >= 4 is 0 Å². The van der Waals surface area contributed by atoms with E-state index in [2.05, 4.69) is 11.8 Å². The van der Waals surface area contributed by atoms with Crippen LogP contribution in [-0.4, -0.2) is 14.2 Å². The SMILES string of the molecule is COC(C#CC(OC)([C]1[CH][CH][CH][CH]1)c1ccccc1)([C]1[CH][CH][CH][CH]1)c1ccccc1. The summed E-state index contributed by atoms with van der Waals surface area (Å²) < 4.78 is 12.3. The van der Waals surface area contributed by atoms with E-state index in [9.17, 15) is 0 Å². The molecule has 0 N–H and O–H groups in total. The van der Waals surface area contributed by atoms with E-state index in [0.29, 0.717) is 0 Å². The molecule has 2 nitrogen and oxygen atoms in total. The summed E-state index contributed by atoms with van der Waals surface area (Å²) in [6, 6.07) is 20.2. The summed E-state index contributed by atoms with van der Waals surface area (Å²) in [7, 11) is 3.41. The molecule has 2 unspecified atom stereocenters. The zero-order chi connectivity index (χ0) is 20.9. The van der Waals surface area contributed by atoms with Crippen molar-refractivity contribution in [2.45, 2.75) is 11.2 Å². The molecule has 148 valence electrons. The maximum Gasteiger partial charge on any atom is 0.160 e. The fraction of sp³-hybridized carbons (Fsp3) is 0.143. The average molecular weight is 392 g/mol. The first-order valence-electron chi connectivity index (χ1n) is 9.95. The van der Waals surface area contributed by atoms with Gasteiger partial charge in [-0.1, -0.05) is 72.5 Å². The van der Waals surface area contributed by atoms with E-state index >= 15 is 0 Å². The first-order chi connectivity index (χ1) is 14.7. The predicted molar refractivity (Wildman–Crippen MR) is 119 cm³/mol. The van der Waals surface area contributed by atoms with Gasteiger partial charge in [-0.2, -0.15) is 0 Å². The van der Waals surface area contributed by atoms with Gasteiger partial charge in [0.1, 0.15) is 0 Å². The predicted octanol–water partition coefficient (Wildman–Crippen LogP) is 4.88. The smallest absolute Gasteiger partial charge is 0.160 e. The van der Waals surface area contributed by atoms with Crippen LogP contribution in [0, 0.1) is 75.0 Å². The molecular weight excluding hydrogens is 368 g/mol. The van der Waals surface area contributed by atoms with E-state index in [1.54, 1.807) is 14.2 Å². The minimum Gasteiger partial charge on any atom is -0.361 e. The zero-order valence-corrected chi connectivity index (χ0v) is 17.2. The molecule has 2 aromatic rings. The molecule has 30 heavy (non-hydrogen) atoms. The number of benzene rings is 2. The highest BCUT2D eigenvalue weighted by molar-refractivity contribution is 5.56. The van der Waals surface area contributed by atoms with Gasteiger partial charge in [0, 0.05) is 26.1 Å². The van der Waals surface area contributed by atoms with Crippen LogP contribution in [0.1, 0.15) is 11.1 Å². The van der Waals surface area contributed by atoms with Gasteiger partial charge in [-0.15, -0.1) is 0 Å². The Hall–Kier alpha value is -2.08. The second-order valence-electron chi connectivity index (χ2n) is 7.10. The third-order valence-electron chi connectivity index (χ3n) is 5.53. The van der Waals surface area contributed by atoms with Gasteiger partial charge in [-0.3, -0.25) is 0 Å². The molecule has 2 aliphatic rings. The minimum absolute atomic E-state index is 0.907.